The van der Waals surface area contributed by atoms with Crippen LogP contribution in [0.4, 0.5) is 17.5 Å². The van der Waals surface area contributed by atoms with Crippen LogP contribution < -0.4 is 16.4 Å². The van der Waals surface area contributed by atoms with E-state index in [1.165, 1.54) is 17.7 Å². The van der Waals surface area contributed by atoms with Crippen LogP contribution in [0.25, 0.3) is 17.8 Å². The molecule has 1 aliphatic rings. The molecule has 1 aliphatic heterocycles. The van der Waals surface area contributed by atoms with Gasteiger partial charge in [-0.3, -0.25) is 0 Å². The van der Waals surface area contributed by atoms with E-state index in [1.54, 1.807) is 18.6 Å². The number of nitrogen functional groups attached to an aromatic ring is 1. The molecule has 0 aliphatic carbocycles. The van der Waals surface area contributed by atoms with Gasteiger partial charge in [0.05, 0.1) is 6.20 Å². The average molecular weight is 444 g/mol. The van der Waals surface area contributed by atoms with Gasteiger partial charge in [-0.15, -0.1) is 11.8 Å². The fraction of sp³-hybridized carbons (Fsp3) is 0.208. The molecule has 5 rings (SSSR count). The molecule has 0 unspecified atom stereocenters. The van der Waals surface area contributed by atoms with Gasteiger partial charge in [-0.05, 0) is 67.9 Å². The third-order valence-corrected chi connectivity index (χ3v) is 6.68. The van der Waals surface area contributed by atoms with E-state index in [4.69, 9.17) is 5.73 Å². The molecule has 1 saturated heterocycles. The van der Waals surface area contributed by atoms with E-state index in [2.05, 4.69) is 49.9 Å². The summed E-state index contributed by atoms with van der Waals surface area (Å²) >= 11 is 1.97. The van der Waals surface area contributed by atoms with Crippen LogP contribution in [-0.2, 0) is 0 Å². The van der Waals surface area contributed by atoms with Crippen molar-refractivity contribution in [1.82, 2.24) is 24.7 Å². The predicted molar refractivity (Wildman–Crippen MR) is 132 cm³/mol. The zero-order chi connectivity index (χ0) is 21.8. The lowest BCUT2D eigenvalue weighted by Gasteiger charge is -2.22. The molecule has 0 amide bonds. The maximum atomic E-state index is 5.74. The molecule has 1 fully saturated rings. The van der Waals surface area contributed by atoms with Crippen LogP contribution in [0.15, 0.2) is 66.1 Å². The summed E-state index contributed by atoms with van der Waals surface area (Å²) in [5.74, 6) is 1.09. The number of nitrogens with zero attached hydrogens (tertiary/aromatic N) is 4. The first-order valence-corrected chi connectivity index (χ1v) is 11.6. The van der Waals surface area contributed by atoms with Gasteiger partial charge in [-0.1, -0.05) is 12.2 Å². The third kappa shape index (κ3) is 5.09. The van der Waals surface area contributed by atoms with Gasteiger partial charge in [-0.2, -0.15) is 0 Å². The molecule has 0 atom stereocenters. The number of hydrogen-bond donors (Lipinski definition) is 3. The van der Waals surface area contributed by atoms with Crippen molar-refractivity contribution in [2.45, 2.75) is 23.0 Å². The minimum Gasteiger partial charge on any atom is -0.382 e. The highest BCUT2D eigenvalue weighted by molar-refractivity contribution is 8.00. The minimum atomic E-state index is 0.512. The number of benzene rings is 1. The van der Waals surface area contributed by atoms with E-state index < -0.39 is 0 Å². The Bertz CT molecular complexity index is 1210. The van der Waals surface area contributed by atoms with Crippen LogP contribution in [0.3, 0.4) is 0 Å². The maximum absolute atomic E-state index is 5.74. The number of piperidine rings is 1. The van der Waals surface area contributed by atoms with Crippen LogP contribution in [0.5, 0.6) is 0 Å². The van der Waals surface area contributed by atoms with Crippen molar-refractivity contribution in [3.8, 4) is 0 Å². The molecule has 32 heavy (non-hydrogen) atoms. The highest BCUT2D eigenvalue weighted by atomic mass is 32.2. The number of nitrogens with two attached hydrogens (primary N) is 1. The van der Waals surface area contributed by atoms with Gasteiger partial charge in [0, 0.05) is 40.0 Å². The van der Waals surface area contributed by atoms with Crippen LogP contribution in [-0.4, -0.2) is 37.7 Å². The largest absolute Gasteiger partial charge is 0.382 e. The van der Waals surface area contributed by atoms with Gasteiger partial charge in [0.2, 0.25) is 5.95 Å². The second-order valence-electron chi connectivity index (χ2n) is 7.78. The van der Waals surface area contributed by atoms with Gasteiger partial charge >= 0.3 is 0 Å². The number of nitrogens with one attached hydrogen (secondary N) is 2. The molecule has 3 aromatic heterocycles. The van der Waals surface area contributed by atoms with Crippen LogP contribution in [0.1, 0.15) is 24.0 Å². The molecule has 4 N–H and O–H groups in total. The van der Waals surface area contributed by atoms with E-state index >= 15 is 0 Å². The fourth-order valence-electron chi connectivity index (χ4n) is 3.66. The number of aromatic nitrogens is 4. The summed E-state index contributed by atoms with van der Waals surface area (Å²) in [6.07, 6.45) is 13.9. The molecule has 7 nitrogen and oxygen atoms in total. The number of anilines is 3. The summed E-state index contributed by atoms with van der Waals surface area (Å²) in [4.78, 5) is 14.4. The van der Waals surface area contributed by atoms with Crippen LogP contribution in [0, 0.1) is 0 Å². The Morgan fingerprint density at radius 2 is 1.72 bits per heavy atom. The predicted octanol–water partition coefficient (Wildman–Crippen LogP) is 4.46. The lowest BCUT2D eigenvalue weighted by atomic mass is 10.2. The zero-order valence-electron chi connectivity index (χ0n) is 17.6. The standard InChI is InChI=1S/C24H25N7S/c25-22-16-31-15-17(3-8-23(31)30-22)1-2-18-13-27-24(28-14-18)29-19-4-6-20(7-5-19)32-21-9-11-26-12-10-21/h1-8,13-16,21,26H,9-12,25H2,(H,27,28,29)/b2-1+. The molecular formula is C24H25N7S. The highest BCUT2D eigenvalue weighted by Crippen LogP contribution is 2.29. The summed E-state index contributed by atoms with van der Waals surface area (Å²) in [7, 11) is 0. The zero-order valence-corrected chi connectivity index (χ0v) is 18.4. The molecule has 0 spiro atoms. The summed E-state index contributed by atoms with van der Waals surface area (Å²) in [6.45, 7) is 2.24. The topological polar surface area (TPSA) is 93.2 Å². The van der Waals surface area contributed by atoms with Gasteiger partial charge in [0.1, 0.15) is 11.5 Å². The summed E-state index contributed by atoms with van der Waals surface area (Å²) in [6, 6.07) is 12.4. The van der Waals surface area contributed by atoms with Crippen molar-refractivity contribution in [1.29, 1.82) is 0 Å². The number of imidazole rings is 1. The second kappa shape index (κ2) is 9.42. The van der Waals surface area contributed by atoms with Crippen molar-refractivity contribution in [3.05, 3.63) is 72.3 Å². The normalized spacial score (nSPS) is 14.9. The Kier molecular flexibility index (Phi) is 6.04. The number of fused-ring (bicyclic) bond motifs is 1. The molecule has 0 bridgehead atoms. The SMILES string of the molecule is Nc1cn2cc(/C=C/c3cnc(Nc4ccc(SC5CCNCC5)cc4)nc3)ccc2n1. The van der Waals surface area contributed by atoms with Crippen molar-refractivity contribution >= 4 is 47.0 Å². The quantitative estimate of drug-likeness (QED) is 0.405. The number of rotatable bonds is 6. The molecule has 1 aromatic carbocycles. The van der Waals surface area contributed by atoms with Crippen LogP contribution >= 0.6 is 11.8 Å². The Morgan fingerprint density at radius 1 is 0.969 bits per heavy atom. The molecular weight excluding hydrogens is 418 g/mol. The molecule has 0 radical (unpaired) electrons. The van der Waals surface area contributed by atoms with Gasteiger partial charge < -0.3 is 20.8 Å². The average Bonchev–Trinajstić information content (AvgIpc) is 3.20. The highest BCUT2D eigenvalue weighted by Gasteiger charge is 2.14. The van der Waals surface area contributed by atoms with E-state index in [0.29, 0.717) is 17.0 Å². The number of hydrogen-bond acceptors (Lipinski definition) is 7. The van der Waals surface area contributed by atoms with Gasteiger partial charge in [0.25, 0.3) is 0 Å². The molecule has 162 valence electrons. The molecule has 8 heteroatoms. The Hall–Kier alpha value is -3.36. The number of thioether (sulfide) groups is 1. The van der Waals surface area contributed by atoms with E-state index in [9.17, 15) is 0 Å². The first-order chi connectivity index (χ1) is 15.7. The number of pyridine rings is 1. The monoisotopic (exact) mass is 443 g/mol. The Labute approximate surface area is 191 Å². The van der Waals surface area contributed by atoms with E-state index in [0.717, 1.165) is 35.6 Å². The maximum Gasteiger partial charge on any atom is 0.227 e. The van der Waals surface area contributed by atoms with E-state index in [1.807, 2.05) is 46.6 Å². The lowest BCUT2D eigenvalue weighted by molar-refractivity contribution is 0.531. The van der Waals surface area contributed by atoms with Crippen molar-refractivity contribution < 1.29 is 0 Å². The van der Waals surface area contributed by atoms with E-state index in [-0.39, 0.29) is 0 Å². The van der Waals surface area contributed by atoms with Gasteiger partial charge in [-0.25, -0.2) is 15.0 Å². The Morgan fingerprint density at radius 3 is 2.50 bits per heavy atom. The molecule has 4 heterocycles. The first kappa shape index (κ1) is 20.5. The summed E-state index contributed by atoms with van der Waals surface area (Å²) < 4.78 is 1.91. The smallest absolute Gasteiger partial charge is 0.227 e. The first-order valence-electron chi connectivity index (χ1n) is 10.7. The van der Waals surface area contributed by atoms with Crippen molar-refractivity contribution in [2.75, 3.05) is 24.1 Å². The molecule has 0 saturated carbocycles. The molecule has 4 aromatic rings. The summed E-state index contributed by atoms with van der Waals surface area (Å²) in [5, 5.41) is 7.39. The van der Waals surface area contributed by atoms with Crippen molar-refractivity contribution in [3.63, 3.8) is 0 Å². The minimum absolute atomic E-state index is 0.512. The lowest BCUT2D eigenvalue weighted by Crippen LogP contribution is -2.29. The van der Waals surface area contributed by atoms with Crippen molar-refractivity contribution in [2.24, 2.45) is 0 Å². The van der Waals surface area contributed by atoms with Gasteiger partial charge in [0.15, 0.2) is 0 Å². The third-order valence-electron chi connectivity index (χ3n) is 5.33. The summed E-state index contributed by atoms with van der Waals surface area (Å²) in [5.41, 5.74) is 9.52. The second-order valence-corrected chi connectivity index (χ2v) is 9.16. The van der Waals surface area contributed by atoms with Crippen LogP contribution in [0.2, 0.25) is 0 Å². The Balaban J connectivity index is 1.19. The fourth-order valence-corrected chi connectivity index (χ4v) is 4.81.